The molecule has 21 heavy (non-hydrogen) atoms. The quantitative estimate of drug-likeness (QED) is 0.525. The number of amides is 1. The summed E-state index contributed by atoms with van der Waals surface area (Å²) in [5.74, 6) is -0.294. The smallest absolute Gasteiger partial charge is 0.292 e. The monoisotopic (exact) mass is 294 g/mol. The average Bonchev–Trinajstić information content (AvgIpc) is 2.51. The fourth-order valence-corrected chi connectivity index (χ4v) is 1.89. The van der Waals surface area contributed by atoms with Crippen LogP contribution in [0.5, 0.6) is 0 Å². The number of carbonyl (C=O) groups is 1. The van der Waals surface area contributed by atoms with Crippen LogP contribution in [0.1, 0.15) is 37.0 Å². The van der Waals surface area contributed by atoms with Crippen LogP contribution in [0.3, 0.4) is 0 Å². The number of anilines is 1. The number of hydrogen-bond donors (Lipinski definition) is 3. The molecule has 0 radical (unpaired) electrons. The summed E-state index contributed by atoms with van der Waals surface area (Å²) in [6.45, 7) is 4.35. The van der Waals surface area contributed by atoms with Crippen molar-refractivity contribution in [3.63, 3.8) is 0 Å². The average molecular weight is 294 g/mol. The topological polar surface area (TPSA) is 110 Å². The molecule has 116 valence electrons. The summed E-state index contributed by atoms with van der Waals surface area (Å²) in [6, 6.07) is 4.23. The van der Waals surface area contributed by atoms with E-state index in [4.69, 9.17) is 5.73 Å². The molecule has 0 bridgehead atoms. The van der Waals surface area contributed by atoms with Gasteiger partial charge in [-0.15, -0.1) is 0 Å². The molecule has 0 aliphatic rings. The van der Waals surface area contributed by atoms with Crippen LogP contribution in [0.25, 0.3) is 0 Å². The molecular weight excluding hydrogens is 272 g/mol. The van der Waals surface area contributed by atoms with Gasteiger partial charge in [0.15, 0.2) is 0 Å². The molecule has 0 aliphatic heterocycles. The molecule has 0 unspecified atom stereocenters. The summed E-state index contributed by atoms with van der Waals surface area (Å²) in [5, 5.41) is 16.6. The molecule has 1 amide bonds. The summed E-state index contributed by atoms with van der Waals surface area (Å²) < 4.78 is 0. The summed E-state index contributed by atoms with van der Waals surface area (Å²) in [4.78, 5) is 22.2. The number of benzene rings is 1. The molecule has 1 rings (SSSR count). The molecule has 0 spiro atoms. The second kappa shape index (κ2) is 7.03. The number of nitrogens with one attached hydrogen (secondary N) is 2. The molecule has 0 fully saturated rings. The zero-order valence-electron chi connectivity index (χ0n) is 12.6. The molecule has 1 aromatic carbocycles. The lowest BCUT2D eigenvalue weighted by molar-refractivity contribution is -0.384. The molecule has 4 N–H and O–H groups in total. The summed E-state index contributed by atoms with van der Waals surface area (Å²) in [7, 11) is 1.51. The predicted octanol–water partition coefficient (Wildman–Crippen LogP) is 1.88. The van der Waals surface area contributed by atoms with Gasteiger partial charge < -0.3 is 16.4 Å². The van der Waals surface area contributed by atoms with Crippen LogP contribution in [0, 0.1) is 10.1 Å². The van der Waals surface area contributed by atoms with E-state index in [1.807, 2.05) is 13.8 Å². The SMILES string of the molecule is CCC(N)(CC)CNc1cc(C(=O)NC)ccc1[N+](=O)[O-]. The molecule has 0 aliphatic carbocycles. The van der Waals surface area contributed by atoms with Gasteiger partial charge in [-0.25, -0.2) is 0 Å². The van der Waals surface area contributed by atoms with Crippen molar-refractivity contribution in [3.05, 3.63) is 33.9 Å². The molecule has 0 saturated carbocycles. The first kappa shape index (κ1) is 16.9. The standard InChI is InChI=1S/C14H22N4O3/c1-4-14(15,5-2)9-17-11-8-10(13(19)16-3)6-7-12(11)18(20)21/h6-8,17H,4-5,9,15H2,1-3H3,(H,16,19). The van der Waals surface area contributed by atoms with Gasteiger partial charge >= 0.3 is 0 Å². The van der Waals surface area contributed by atoms with E-state index in [0.717, 1.165) is 12.8 Å². The lowest BCUT2D eigenvalue weighted by atomic mass is 9.94. The second-order valence-electron chi connectivity index (χ2n) is 4.99. The Kier molecular flexibility index (Phi) is 5.66. The van der Waals surface area contributed by atoms with Gasteiger partial charge in [-0.1, -0.05) is 13.8 Å². The van der Waals surface area contributed by atoms with Crippen molar-refractivity contribution in [1.29, 1.82) is 0 Å². The molecular formula is C14H22N4O3. The van der Waals surface area contributed by atoms with Gasteiger partial charge in [0.2, 0.25) is 0 Å². The Morgan fingerprint density at radius 2 is 2.00 bits per heavy atom. The Morgan fingerprint density at radius 3 is 2.48 bits per heavy atom. The van der Waals surface area contributed by atoms with Gasteiger partial charge in [0, 0.05) is 30.8 Å². The minimum absolute atomic E-state index is 0.0720. The largest absolute Gasteiger partial charge is 0.378 e. The van der Waals surface area contributed by atoms with E-state index in [1.165, 1.54) is 25.2 Å². The number of nitro groups is 1. The van der Waals surface area contributed by atoms with Crippen LogP contribution >= 0.6 is 0 Å². The van der Waals surface area contributed by atoms with Crippen molar-refractivity contribution < 1.29 is 9.72 Å². The van der Waals surface area contributed by atoms with E-state index in [2.05, 4.69) is 10.6 Å². The second-order valence-corrected chi connectivity index (χ2v) is 4.99. The van der Waals surface area contributed by atoms with Gasteiger partial charge in [0.05, 0.1) is 4.92 Å². The maximum Gasteiger partial charge on any atom is 0.292 e. The molecule has 0 saturated heterocycles. The molecule has 0 heterocycles. The number of rotatable bonds is 7. The van der Waals surface area contributed by atoms with Gasteiger partial charge in [-0.2, -0.15) is 0 Å². The zero-order chi connectivity index (χ0) is 16.0. The number of hydrogen-bond acceptors (Lipinski definition) is 5. The Bertz CT molecular complexity index is 527. The van der Waals surface area contributed by atoms with Crippen LogP contribution in [-0.4, -0.2) is 30.0 Å². The van der Waals surface area contributed by atoms with E-state index in [1.54, 1.807) is 0 Å². The Morgan fingerprint density at radius 1 is 1.38 bits per heavy atom. The minimum Gasteiger partial charge on any atom is -0.378 e. The highest BCUT2D eigenvalue weighted by Gasteiger charge is 2.22. The summed E-state index contributed by atoms with van der Waals surface area (Å²) in [5.41, 5.74) is 6.34. The van der Waals surface area contributed by atoms with E-state index in [0.29, 0.717) is 17.8 Å². The van der Waals surface area contributed by atoms with Crippen molar-refractivity contribution >= 4 is 17.3 Å². The number of nitro benzene ring substituents is 1. The minimum atomic E-state index is -0.480. The van der Waals surface area contributed by atoms with Crippen molar-refractivity contribution in [2.24, 2.45) is 5.73 Å². The third-order valence-electron chi connectivity index (χ3n) is 3.72. The third-order valence-corrected chi connectivity index (χ3v) is 3.72. The third kappa shape index (κ3) is 4.16. The van der Waals surface area contributed by atoms with Gasteiger partial charge in [-0.3, -0.25) is 14.9 Å². The van der Waals surface area contributed by atoms with Gasteiger partial charge in [0.1, 0.15) is 5.69 Å². The lowest BCUT2D eigenvalue weighted by Crippen LogP contribution is -2.45. The fourth-order valence-electron chi connectivity index (χ4n) is 1.89. The van der Waals surface area contributed by atoms with Crippen LogP contribution in [-0.2, 0) is 0 Å². The fraction of sp³-hybridized carbons (Fsp3) is 0.500. The Hall–Kier alpha value is -2.15. The van der Waals surface area contributed by atoms with Crippen molar-refractivity contribution in [1.82, 2.24) is 5.32 Å². The Labute approximate surface area is 124 Å². The van der Waals surface area contributed by atoms with E-state index < -0.39 is 10.5 Å². The van der Waals surface area contributed by atoms with E-state index in [-0.39, 0.29) is 11.6 Å². The van der Waals surface area contributed by atoms with Gasteiger partial charge in [0.25, 0.3) is 11.6 Å². The maximum absolute atomic E-state index is 11.6. The normalized spacial score (nSPS) is 11.0. The summed E-state index contributed by atoms with van der Waals surface area (Å²) >= 11 is 0. The molecule has 1 aromatic rings. The molecule has 7 nitrogen and oxygen atoms in total. The molecule has 0 aromatic heterocycles. The summed E-state index contributed by atoms with van der Waals surface area (Å²) in [6.07, 6.45) is 1.50. The first-order valence-corrected chi connectivity index (χ1v) is 6.90. The number of nitrogens with zero attached hydrogens (tertiary/aromatic N) is 1. The van der Waals surface area contributed by atoms with Crippen molar-refractivity contribution in [3.8, 4) is 0 Å². The van der Waals surface area contributed by atoms with Crippen LogP contribution < -0.4 is 16.4 Å². The van der Waals surface area contributed by atoms with Gasteiger partial charge in [-0.05, 0) is 25.0 Å². The molecule has 7 heteroatoms. The van der Waals surface area contributed by atoms with Crippen molar-refractivity contribution in [2.45, 2.75) is 32.2 Å². The highest BCUT2D eigenvalue weighted by molar-refractivity contribution is 5.95. The maximum atomic E-state index is 11.6. The first-order chi connectivity index (χ1) is 9.86. The lowest BCUT2D eigenvalue weighted by Gasteiger charge is -2.27. The van der Waals surface area contributed by atoms with Crippen LogP contribution in [0.4, 0.5) is 11.4 Å². The molecule has 0 atom stereocenters. The van der Waals surface area contributed by atoms with E-state index in [9.17, 15) is 14.9 Å². The number of nitrogens with two attached hydrogens (primary N) is 1. The first-order valence-electron chi connectivity index (χ1n) is 6.90. The highest BCUT2D eigenvalue weighted by atomic mass is 16.6. The zero-order valence-corrected chi connectivity index (χ0v) is 12.6. The van der Waals surface area contributed by atoms with Crippen LogP contribution in [0.15, 0.2) is 18.2 Å². The van der Waals surface area contributed by atoms with Crippen LogP contribution in [0.2, 0.25) is 0 Å². The highest BCUT2D eigenvalue weighted by Crippen LogP contribution is 2.26. The van der Waals surface area contributed by atoms with Crippen molar-refractivity contribution in [2.75, 3.05) is 18.9 Å². The predicted molar refractivity (Wildman–Crippen MR) is 82.5 cm³/mol. The van der Waals surface area contributed by atoms with E-state index >= 15 is 0 Å². The Balaban J connectivity index is 3.07. The number of carbonyl (C=O) groups excluding carboxylic acids is 1.